The van der Waals surface area contributed by atoms with E-state index in [9.17, 15) is 0 Å². The third kappa shape index (κ3) is 5.48. The Morgan fingerprint density at radius 2 is 0.518 bits per heavy atom. The highest BCUT2D eigenvalue weighted by molar-refractivity contribution is 5.78. The lowest BCUT2D eigenvalue weighted by atomic mass is 9.61. The average molecular weight is 714 g/mol. The maximum absolute atomic E-state index is 4.90. The van der Waals surface area contributed by atoms with E-state index in [-0.39, 0.29) is 5.92 Å². The smallest absolute Gasteiger partial charge is 0.164 e. The van der Waals surface area contributed by atoms with Gasteiger partial charge in [0, 0.05) is 28.5 Å². The van der Waals surface area contributed by atoms with Gasteiger partial charge in [0.05, 0.1) is 0 Å². The molecule has 3 heteroatoms. The highest BCUT2D eigenvalue weighted by atomic mass is 15.0. The van der Waals surface area contributed by atoms with Gasteiger partial charge in [-0.05, 0) is 78.9 Å². The molecule has 0 spiro atoms. The highest BCUT2D eigenvalue weighted by Gasteiger charge is 2.40. The van der Waals surface area contributed by atoms with E-state index < -0.39 is 0 Å². The van der Waals surface area contributed by atoms with E-state index in [2.05, 4.69) is 140 Å². The first-order valence-electron chi connectivity index (χ1n) is 19.3. The summed E-state index contributed by atoms with van der Waals surface area (Å²) in [4.78, 5) is 14.6. The van der Waals surface area contributed by atoms with Crippen molar-refractivity contribution in [1.29, 1.82) is 0 Å². The first-order valence-corrected chi connectivity index (χ1v) is 19.3. The van der Waals surface area contributed by atoms with Gasteiger partial charge in [-0.3, -0.25) is 0 Å². The predicted octanol–water partition coefficient (Wildman–Crippen LogP) is 12.9. The summed E-state index contributed by atoms with van der Waals surface area (Å²) in [7, 11) is 0. The number of aromatic nitrogens is 3. The molecule has 0 fully saturated rings. The molecule has 9 aromatic rings. The van der Waals surface area contributed by atoms with Gasteiger partial charge in [0.1, 0.15) is 0 Å². The minimum atomic E-state index is 0.267. The lowest BCUT2D eigenvalue weighted by Crippen LogP contribution is -2.27. The third-order valence-corrected chi connectivity index (χ3v) is 11.5. The topological polar surface area (TPSA) is 38.7 Å². The summed E-state index contributed by atoms with van der Waals surface area (Å²) >= 11 is 0. The van der Waals surface area contributed by atoms with E-state index >= 15 is 0 Å². The monoisotopic (exact) mass is 713 g/mol. The number of benzene rings is 8. The normalized spacial score (nSPS) is 14.8. The Morgan fingerprint density at radius 3 is 1.00 bits per heavy atom. The summed E-state index contributed by atoms with van der Waals surface area (Å²) in [6.45, 7) is 0. The van der Waals surface area contributed by atoms with Crippen LogP contribution in [0.1, 0.15) is 45.2 Å². The Morgan fingerprint density at radius 1 is 0.214 bits per heavy atom. The van der Waals surface area contributed by atoms with Crippen LogP contribution >= 0.6 is 0 Å². The number of hydrogen-bond acceptors (Lipinski definition) is 3. The molecule has 0 amide bonds. The van der Waals surface area contributed by atoms with E-state index in [0.717, 1.165) is 27.8 Å². The van der Waals surface area contributed by atoms with Gasteiger partial charge in [0.15, 0.2) is 17.5 Å². The van der Waals surface area contributed by atoms with Gasteiger partial charge in [0.2, 0.25) is 0 Å². The molecule has 56 heavy (non-hydrogen) atoms. The van der Waals surface area contributed by atoms with Gasteiger partial charge in [-0.2, -0.15) is 0 Å². The molecule has 0 saturated carbocycles. The fourth-order valence-corrected chi connectivity index (χ4v) is 8.83. The van der Waals surface area contributed by atoms with Gasteiger partial charge < -0.3 is 0 Å². The Hall–Kier alpha value is -7.23. The molecule has 3 aliphatic rings. The molecule has 0 atom stereocenters. The minimum absolute atomic E-state index is 0.267. The molecule has 0 unspecified atom stereocenters. The van der Waals surface area contributed by atoms with Crippen LogP contribution in [0.4, 0.5) is 0 Å². The van der Waals surface area contributed by atoms with Crippen LogP contribution in [0.3, 0.4) is 0 Å². The molecule has 1 heterocycles. The second kappa shape index (κ2) is 13.3. The van der Waals surface area contributed by atoms with Crippen LogP contribution in [-0.4, -0.2) is 15.0 Å². The predicted molar refractivity (Wildman–Crippen MR) is 227 cm³/mol. The fourth-order valence-electron chi connectivity index (χ4n) is 8.83. The van der Waals surface area contributed by atoms with Gasteiger partial charge in [-0.15, -0.1) is 0 Å². The van der Waals surface area contributed by atoms with E-state index in [1.165, 1.54) is 55.6 Å². The molecule has 2 bridgehead atoms. The molecular formula is C53H35N3. The third-order valence-electron chi connectivity index (χ3n) is 11.5. The summed E-state index contributed by atoms with van der Waals surface area (Å²) in [5.41, 5.74) is 18.7. The maximum atomic E-state index is 4.90. The van der Waals surface area contributed by atoms with Gasteiger partial charge >= 0.3 is 0 Å². The summed E-state index contributed by atoms with van der Waals surface area (Å²) in [5.74, 6) is 2.53. The van der Waals surface area contributed by atoms with Crippen LogP contribution in [-0.2, 0) is 0 Å². The van der Waals surface area contributed by atoms with Crippen LogP contribution in [0.15, 0.2) is 200 Å². The fraction of sp³-hybridized carbons (Fsp3) is 0.0377. The summed E-state index contributed by atoms with van der Waals surface area (Å²) in [6.07, 6.45) is 0. The Kier molecular flexibility index (Phi) is 7.63. The molecule has 1 aromatic heterocycles. The van der Waals surface area contributed by atoms with Crippen LogP contribution in [0.5, 0.6) is 0 Å². The average Bonchev–Trinajstić information content (AvgIpc) is 3.29. The van der Waals surface area contributed by atoms with Crippen molar-refractivity contribution in [3.63, 3.8) is 0 Å². The van der Waals surface area contributed by atoms with Gasteiger partial charge in [-0.1, -0.05) is 188 Å². The number of nitrogens with zero attached hydrogens (tertiary/aromatic N) is 3. The molecule has 12 rings (SSSR count). The van der Waals surface area contributed by atoms with Crippen LogP contribution in [0, 0.1) is 0 Å². The van der Waals surface area contributed by atoms with Crippen molar-refractivity contribution in [2.45, 2.75) is 11.8 Å². The molecule has 8 aromatic carbocycles. The lowest BCUT2D eigenvalue weighted by molar-refractivity contribution is 0.755. The molecule has 0 saturated heterocycles. The Bertz CT molecular complexity index is 2790. The minimum Gasteiger partial charge on any atom is -0.208 e. The van der Waals surface area contributed by atoms with Gasteiger partial charge in [0.25, 0.3) is 0 Å². The zero-order valence-corrected chi connectivity index (χ0v) is 30.5. The summed E-state index contributed by atoms with van der Waals surface area (Å²) in [6, 6.07) is 71.7. The van der Waals surface area contributed by atoms with Crippen LogP contribution in [0.2, 0.25) is 0 Å². The van der Waals surface area contributed by atoms with Crippen molar-refractivity contribution in [1.82, 2.24) is 15.0 Å². The van der Waals surface area contributed by atoms with Crippen LogP contribution in [0.25, 0.3) is 67.5 Å². The quantitative estimate of drug-likeness (QED) is 0.172. The van der Waals surface area contributed by atoms with Crippen molar-refractivity contribution in [2.24, 2.45) is 0 Å². The Balaban J connectivity index is 0.873. The van der Waals surface area contributed by atoms with Crippen LogP contribution < -0.4 is 0 Å². The van der Waals surface area contributed by atoms with Crippen molar-refractivity contribution >= 4 is 0 Å². The zero-order valence-electron chi connectivity index (χ0n) is 30.5. The van der Waals surface area contributed by atoms with Gasteiger partial charge in [-0.25, -0.2) is 15.0 Å². The number of rotatable bonds is 6. The Labute approximate surface area is 326 Å². The van der Waals surface area contributed by atoms with Crippen molar-refractivity contribution in [3.05, 3.63) is 234 Å². The van der Waals surface area contributed by atoms with E-state index in [4.69, 9.17) is 15.0 Å². The first kappa shape index (κ1) is 32.2. The zero-order chi connectivity index (χ0) is 37.0. The molecule has 0 N–H and O–H groups in total. The second-order valence-electron chi connectivity index (χ2n) is 14.7. The standard InChI is InChI=1S/C53H35N3/c1-3-12-37(13-4-1)51-54-52(38-14-5-2-6-15-38)56-53(55-51)39-28-26-35(27-29-39)34-22-24-36(25-23-34)40-16-11-17-41(32-40)42-30-31-47-48(33-42)50-45-20-9-7-18-43(45)49(47)44-19-8-10-21-46(44)50/h1-33,49-50H. The first-order chi connectivity index (χ1) is 27.7. The largest absolute Gasteiger partial charge is 0.208 e. The van der Waals surface area contributed by atoms with Crippen molar-refractivity contribution in [2.75, 3.05) is 0 Å². The molecule has 0 aliphatic heterocycles. The molecular weight excluding hydrogens is 679 g/mol. The van der Waals surface area contributed by atoms with Crippen molar-refractivity contribution in [3.8, 4) is 67.5 Å². The van der Waals surface area contributed by atoms with E-state index in [1.54, 1.807) is 0 Å². The SMILES string of the molecule is c1ccc(-c2nc(-c3ccccc3)nc(-c3ccc(-c4ccc(-c5cccc(-c6ccc7c(c6)C6c8ccccc8C7c7ccccc76)c5)cc4)cc3)n2)cc1. The molecule has 3 aliphatic carbocycles. The van der Waals surface area contributed by atoms with Crippen molar-refractivity contribution < 1.29 is 0 Å². The number of hydrogen-bond donors (Lipinski definition) is 0. The van der Waals surface area contributed by atoms with E-state index in [0.29, 0.717) is 23.4 Å². The molecule has 262 valence electrons. The molecule has 0 radical (unpaired) electrons. The summed E-state index contributed by atoms with van der Waals surface area (Å²) < 4.78 is 0. The lowest BCUT2D eigenvalue weighted by Gasteiger charge is -2.42. The maximum Gasteiger partial charge on any atom is 0.164 e. The van der Waals surface area contributed by atoms with E-state index in [1.807, 2.05) is 60.7 Å². The summed E-state index contributed by atoms with van der Waals surface area (Å²) in [5, 5.41) is 0. The second-order valence-corrected chi connectivity index (χ2v) is 14.7. The molecule has 3 nitrogen and oxygen atoms in total. The highest BCUT2D eigenvalue weighted by Crippen LogP contribution is 2.56.